The molecular weight excluding hydrogens is 268 g/mol. The van der Waals surface area contributed by atoms with E-state index in [0.717, 1.165) is 22.0 Å². The van der Waals surface area contributed by atoms with E-state index >= 15 is 0 Å². The molecule has 86 valence electrons. The quantitative estimate of drug-likeness (QED) is 0.830. The Bertz CT molecular complexity index is 399. The average Bonchev–Trinajstić information content (AvgIpc) is 2.17. The highest BCUT2D eigenvalue weighted by molar-refractivity contribution is 9.10. The standard InChI is InChI=1S/C13H15BrO2/c1-9(2)6-7-12(13(15)16)10-4-3-5-11(14)8-10/h3-5,8,12H,1,6-7H2,2H3,(H,15,16). The highest BCUT2D eigenvalue weighted by atomic mass is 79.9. The first kappa shape index (κ1) is 13.0. The number of hydrogen-bond donors (Lipinski definition) is 1. The molecule has 2 nitrogen and oxygen atoms in total. The van der Waals surface area contributed by atoms with Crippen molar-refractivity contribution in [3.05, 3.63) is 46.5 Å². The average molecular weight is 283 g/mol. The number of halogens is 1. The van der Waals surface area contributed by atoms with Crippen molar-refractivity contribution in [2.24, 2.45) is 0 Å². The van der Waals surface area contributed by atoms with Crippen molar-refractivity contribution >= 4 is 21.9 Å². The van der Waals surface area contributed by atoms with E-state index in [-0.39, 0.29) is 0 Å². The van der Waals surface area contributed by atoms with Crippen LogP contribution in [0.5, 0.6) is 0 Å². The Morgan fingerprint density at radius 3 is 2.75 bits per heavy atom. The van der Waals surface area contributed by atoms with Crippen molar-refractivity contribution in [3.8, 4) is 0 Å². The number of benzene rings is 1. The maximum atomic E-state index is 11.2. The van der Waals surface area contributed by atoms with Gasteiger partial charge in [0.15, 0.2) is 0 Å². The number of allylic oxidation sites excluding steroid dienone is 1. The van der Waals surface area contributed by atoms with Gasteiger partial charge in [0, 0.05) is 4.47 Å². The van der Waals surface area contributed by atoms with E-state index in [4.69, 9.17) is 0 Å². The SMILES string of the molecule is C=C(C)CCC(C(=O)O)c1cccc(Br)c1. The fourth-order valence-electron chi connectivity index (χ4n) is 1.55. The summed E-state index contributed by atoms with van der Waals surface area (Å²) in [6.07, 6.45) is 1.34. The first-order chi connectivity index (χ1) is 7.50. The molecule has 1 aromatic carbocycles. The molecule has 0 bridgehead atoms. The lowest BCUT2D eigenvalue weighted by atomic mass is 9.93. The molecule has 1 N–H and O–H groups in total. The normalized spacial score (nSPS) is 12.1. The molecule has 0 aliphatic rings. The molecule has 3 heteroatoms. The zero-order valence-corrected chi connectivity index (χ0v) is 10.8. The largest absolute Gasteiger partial charge is 0.481 e. The van der Waals surface area contributed by atoms with Gasteiger partial charge >= 0.3 is 5.97 Å². The first-order valence-electron chi connectivity index (χ1n) is 5.13. The molecule has 1 unspecified atom stereocenters. The molecular formula is C13H15BrO2. The van der Waals surface area contributed by atoms with Gasteiger partial charge in [-0.25, -0.2) is 0 Å². The lowest BCUT2D eigenvalue weighted by molar-refractivity contribution is -0.138. The van der Waals surface area contributed by atoms with Gasteiger partial charge in [-0.3, -0.25) is 4.79 Å². The summed E-state index contributed by atoms with van der Waals surface area (Å²) in [6.45, 7) is 5.71. The molecule has 0 spiro atoms. The summed E-state index contributed by atoms with van der Waals surface area (Å²) < 4.78 is 0.909. The van der Waals surface area contributed by atoms with Gasteiger partial charge in [-0.05, 0) is 37.5 Å². The van der Waals surface area contributed by atoms with Crippen molar-refractivity contribution in [2.75, 3.05) is 0 Å². The molecule has 0 aliphatic heterocycles. The Labute approximate surface area is 104 Å². The summed E-state index contributed by atoms with van der Waals surface area (Å²) in [5, 5.41) is 9.19. The van der Waals surface area contributed by atoms with Crippen LogP contribution >= 0.6 is 15.9 Å². The topological polar surface area (TPSA) is 37.3 Å². The second kappa shape index (κ2) is 5.85. The van der Waals surface area contributed by atoms with Gasteiger partial charge in [-0.1, -0.05) is 33.6 Å². The number of carboxylic acids is 1. The molecule has 16 heavy (non-hydrogen) atoms. The second-order valence-electron chi connectivity index (χ2n) is 3.94. The summed E-state index contributed by atoms with van der Waals surface area (Å²) in [5.41, 5.74) is 1.85. The van der Waals surface area contributed by atoms with Crippen LogP contribution in [0.3, 0.4) is 0 Å². The molecule has 1 atom stereocenters. The monoisotopic (exact) mass is 282 g/mol. The summed E-state index contributed by atoms with van der Waals surface area (Å²) in [4.78, 5) is 11.2. The molecule has 0 amide bonds. The maximum Gasteiger partial charge on any atom is 0.310 e. The zero-order valence-electron chi connectivity index (χ0n) is 9.24. The third-order valence-electron chi connectivity index (χ3n) is 2.41. The fourth-order valence-corrected chi connectivity index (χ4v) is 1.96. The number of aliphatic carboxylic acids is 1. The van der Waals surface area contributed by atoms with Crippen molar-refractivity contribution in [2.45, 2.75) is 25.7 Å². The maximum absolute atomic E-state index is 11.2. The second-order valence-corrected chi connectivity index (χ2v) is 4.86. The van der Waals surface area contributed by atoms with E-state index in [1.54, 1.807) is 0 Å². The zero-order chi connectivity index (χ0) is 12.1. The van der Waals surface area contributed by atoms with Gasteiger partial charge in [0.2, 0.25) is 0 Å². The molecule has 0 aromatic heterocycles. The summed E-state index contributed by atoms with van der Waals surface area (Å²) in [6, 6.07) is 7.45. The molecule has 0 radical (unpaired) electrons. The van der Waals surface area contributed by atoms with Crippen LogP contribution in [0.15, 0.2) is 40.9 Å². The van der Waals surface area contributed by atoms with Gasteiger partial charge in [-0.2, -0.15) is 0 Å². The van der Waals surface area contributed by atoms with E-state index in [9.17, 15) is 9.90 Å². The number of carboxylic acid groups (broad SMARTS) is 1. The number of carbonyl (C=O) groups is 1. The number of hydrogen-bond acceptors (Lipinski definition) is 1. The highest BCUT2D eigenvalue weighted by Crippen LogP contribution is 2.25. The number of rotatable bonds is 5. The van der Waals surface area contributed by atoms with Crippen molar-refractivity contribution in [1.29, 1.82) is 0 Å². The van der Waals surface area contributed by atoms with E-state index in [2.05, 4.69) is 22.5 Å². The third-order valence-corrected chi connectivity index (χ3v) is 2.90. The highest BCUT2D eigenvalue weighted by Gasteiger charge is 2.19. The van der Waals surface area contributed by atoms with Gasteiger partial charge in [0.05, 0.1) is 5.92 Å². The van der Waals surface area contributed by atoms with Crippen molar-refractivity contribution in [1.82, 2.24) is 0 Å². The van der Waals surface area contributed by atoms with Crippen LogP contribution in [0.4, 0.5) is 0 Å². The van der Waals surface area contributed by atoms with Crippen LogP contribution in [0.2, 0.25) is 0 Å². The minimum atomic E-state index is -0.778. The predicted molar refractivity (Wildman–Crippen MR) is 68.6 cm³/mol. The Kier molecular flexibility index (Phi) is 4.74. The van der Waals surface area contributed by atoms with E-state index in [1.807, 2.05) is 31.2 Å². The minimum Gasteiger partial charge on any atom is -0.481 e. The fraction of sp³-hybridized carbons (Fsp3) is 0.308. The van der Waals surface area contributed by atoms with Crippen LogP contribution < -0.4 is 0 Å². The smallest absolute Gasteiger partial charge is 0.310 e. The Morgan fingerprint density at radius 2 is 2.25 bits per heavy atom. The van der Waals surface area contributed by atoms with Crippen LogP contribution in [0.25, 0.3) is 0 Å². The van der Waals surface area contributed by atoms with Crippen molar-refractivity contribution < 1.29 is 9.90 Å². The van der Waals surface area contributed by atoms with Gasteiger partial charge in [-0.15, -0.1) is 6.58 Å². The van der Waals surface area contributed by atoms with Gasteiger partial charge in [0.1, 0.15) is 0 Å². The summed E-state index contributed by atoms with van der Waals surface area (Å²) in [7, 11) is 0. The van der Waals surface area contributed by atoms with Crippen LogP contribution in [-0.4, -0.2) is 11.1 Å². The van der Waals surface area contributed by atoms with Gasteiger partial charge < -0.3 is 5.11 Å². The van der Waals surface area contributed by atoms with E-state index in [0.29, 0.717) is 6.42 Å². The Hall–Kier alpha value is -1.09. The first-order valence-corrected chi connectivity index (χ1v) is 5.92. The van der Waals surface area contributed by atoms with Crippen LogP contribution in [0.1, 0.15) is 31.2 Å². The van der Waals surface area contributed by atoms with E-state index < -0.39 is 11.9 Å². The molecule has 1 rings (SSSR count). The van der Waals surface area contributed by atoms with Crippen LogP contribution in [0, 0.1) is 0 Å². The minimum absolute atomic E-state index is 0.450. The molecule has 0 saturated heterocycles. The Balaban J connectivity index is 2.85. The van der Waals surface area contributed by atoms with E-state index in [1.165, 1.54) is 0 Å². The summed E-state index contributed by atoms with van der Waals surface area (Å²) >= 11 is 3.35. The Morgan fingerprint density at radius 1 is 1.56 bits per heavy atom. The van der Waals surface area contributed by atoms with Crippen LogP contribution in [-0.2, 0) is 4.79 Å². The summed E-state index contributed by atoms with van der Waals surface area (Å²) in [5.74, 6) is -1.23. The van der Waals surface area contributed by atoms with Gasteiger partial charge in [0.25, 0.3) is 0 Å². The van der Waals surface area contributed by atoms with Crippen molar-refractivity contribution in [3.63, 3.8) is 0 Å². The molecule has 0 fully saturated rings. The molecule has 0 aliphatic carbocycles. The molecule has 0 saturated carbocycles. The molecule has 0 heterocycles. The third kappa shape index (κ3) is 3.81. The lowest BCUT2D eigenvalue weighted by Crippen LogP contribution is -2.11. The predicted octanol–water partition coefficient (Wildman–Crippen LogP) is 3.97. The lowest BCUT2D eigenvalue weighted by Gasteiger charge is -2.12. The molecule has 1 aromatic rings.